The lowest BCUT2D eigenvalue weighted by molar-refractivity contribution is 0.478. The standard InChI is InChI=1S/C15H25F2N3/c1-5-11(6-2)10-20(8-4)15-13(17)9-12(16)14(19-15)18-7-3/h9,11H,5-8,10H2,1-4H3,(H,18,19). The van der Waals surface area contributed by atoms with E-state index in [-0.39, 0.29) is 11.6 Å². The molecule has 0 fully saturated rings. The fraction of sp³-hybridized carbons (Fsp3) is 0.667. The van der Waals surface area contributed by atoms with Gasteiger partial charge in [0.1, 0.15) is 0 Å². The van der Waals surface area contributed by atoms with Crippen molar-refractivity contribution in [3.8, 4) is 0 Å². The van der Waals surface area contributed by atoms with Crippen LogP contribution in [0.4, 0.5) is 20.4 Å². The van der Waals surface area contributed by atoms with Crippen LogP contribution in [-0.4, -0.2) is 24.6 Å². The number of rotatable bonds is 8. The van der Waals surface area contributed by atoms with Crippen LogP contribution in [0.2, 0.25) is 0 Å². The molecule has 0 saturated heterocycles. The molecule has 0 bridgehead atoms. The van der Waals surface area contributed by atoms with Crippen LogP contribution in [0, 0.1) is 17.6 Å². The lowest BCUT2D eigenvalue weighted by Gasteiger charge is -2.27. The fourth-order valence-corrected chi connectivity index (χ4v) is 2.19. The molecule has 3 nitrogen and oxygen atoms in total. The summed E-state index contributed by atoms with van der Waals surface area (Å²) in [4.78, 5) is 6.00. The molecule has 5 heteroatoms. The minimum absolute atomic E-state index is 0.117. The first-order valence-electron chi connectivity index (χ1n) is 7.42. The van der Waals surface area contributed by atoms with Gasteiger partial charge in [-0.15, -0.1) is 0 Å². The van der Waals surface area contributed by atoms with Gasteiger partial charge >= 0.3 is 0 Å². The molecule has 0 atom stereocenters. The Morgan fingerprint density at radius 3 is 2.30 bits per heavy atom. The number of halogens is 2. The van der Waals surface area contributed by atoms with Gasteiger partial charge in [0.05, 0.1) is 0 Å². The summed E-state index contributed by atoms with van der Waals surface area (Å²) in [5, 5.41) is 2.82. The number of hydrogen-bond donors (Lipinski definition) is 1. The Hall–Kier alpha value is -1.39. The molecule has 1 aromatic heterocycles. The van der Waals surface area contributed by atoms with E-state index in [4.69, 9.17) is 0 Å². The summed E-state index contributed by atoms with van der Waals surface area (Å²) in [6.07, 6.45) is 2.08. The molecule has 0 aliphatic heterocycles. The van der Waals surface area contributed by atoms with E-state index >= 15 is 0 Å². The third-order valence-electron chi connectivity index (χ3n) is 3.57. The van der Waals surface area contributed by atoms with E-state index in [2.05, 4.69) is 24.1 Å². The highest BCUT2D eigenvalue weighted by Crippen LogP contribution is 2.24. The van der Waals surface area contributed by atoms with E-state index in [1.165, 1.54) is 0 Å². The Morgan fingerprint density at radius 1 is 1.15 bits per heavy atom. The summed E-state index contributed by atoms with van der Waals surface area (Å²) in [6.45, 7) is 10.0. The van der Waals surface area contributed by atoms with Gasteiger partial charge in [-0.25, -0.2) is 13.8 Å². The van der Waals surface area contributed by atoms with E-state index < -0.39 is 11.6 Å². The molecule has 20 heavy (non-hydrogen) atoms. The first-order valence-corrected chi connectivity index (χ1v) is 7.42. The minimum atomic E-state index is -0.647. The summed E-state index contributed by atoms with van der Waals surface area (Å²) in [5.74, 6) is -0.406. The SMILES string of the molecule is CCNc1nc(N(CC)CC(CC)CC)c(F)cc1F. The molecule has 0 unspecified atom stereocenters. The van der Waals surface area contributed by atoms with E-state index in [0.717, 1.165) is 25.5 Å². The lowest BCUT2D eigenvalue weighted by Crippen LogP contribution is -2.31. The van der Waals surface area contributed by atoms with Gasteiger partial charge < -0.3 is 10.2 Å². The molecule has 1 N–H and O–H groups in total. The monoisotopic (exact) mass is 285 g/mol. The first-order chi connectivity index (χ1) is 9.57. The summed E-state index contributed by atoms with van der Waals surface area (Å²) < 4.78 is 27.6. The van der Waals surface area contributed by atoms with Crippen LogP contribution >= 0.6 is 0 Å². The van der Waals surface area contributed by atoms with E-state index in [1.807, 2.05) is 18.7 Å². The minimum Gasteiger partial charge on any atom is -0.368 e. The van der Waals surface area contributed by atoms with Crippen LogP contribution in [-0.2, 0) is 0 Å². The zero-order valence-corrected chi connectivity index (χ0v) is 12.8. The molecule has 0 amide bonds. The highest BCUT2D eigenvalue weighted by atomic mass is 19.1. The molecule has 0 radical (unpaired) electrons. The normalized spacial score (nSPS) is 10.9. The molecule has 0 aliphatic carbocycles. The predicted molar refractivity (Wildman–Crippen MR) is 80.3 cm³/mol. The van der Waals surface area contributed by atoms with Gasteiger partial charge in [0.15, 0.2) is 23.3 Å². The fourth-order valence-electron chi connectivity index (χ4n) is 2.19. The Labute approximate surface area is 120 Å². The zero-order chi connectivity index (χ0) is 15.1. The van der Waals surface area contributed by atoms with Crippen molar-refractivity contribution in [2.45, 2.75) is 40.5 Å². The maximum atomic E-state index is 14.0. The van der Waals surface area contributed by atoms with Crippen LogP contribution in [0.5, 0.6) is 0 Å². The van der Waals surface area contributed by atoms with Crippen molar-refractivity contribution in [3.63, 3.8) is 0 Å². The Bertz CT molecular complexity index is 420. The quantitative estimate of drug-likeness (QED) is 0.781. The van der Waals surface area contributed by atoms with Crippen molar-refractivity contribution in [2.24, 2.45) is 5.92 Å². The second kappa shape index (κ2) is 8.02. The predicted octanol–water partition coefficient (Wildman–Crippen LogP) is 4.05. The maximum absolute atomic E-state index is 14.0. The third-order valence-corrected chi connectivity index (χ3v) is 3.57. The van der Waals surface area contributed by atoms with Crippen molar-refractivity contribution in [1.82, 2.24) is 4.98 Å². The van der Waals surface area contributed by atoms with E-state index in [1.54, 1.807) is 0 Å². The van der Waals surface area contributed by atoms with Crippen molar-refractivity contribution >= 4 is 11.6 Å². The van der Waals surface area contributed by atoms with Crippen molar-refractivity contribution in [3.05, 3.63) is 17.7 Å². The van der Waals surface area contributed by atoms with Crippen LogP contribution < -0.4 is 10.2 Å². The molecule has 114 valence electrons. The molecule has 0 saturated carbocycles. The van der Waals surface area contributed by atoms with Gasteiger partial charge in [-0.2, -0.15) is 0 Å². The number of anilines is 2. The third kappa shape index (κ3) is 4.05. The molecule has 0 spiro atoms. The highest BCUT2D eigenvalue weighted by Gasteiger charge is 2.18. The van der Waals surface area contributed by atoms with E-state index in [0.29, 0.717) is 19.0 Å². The Kier molecular flexibility index (Phi) is 6.68. The summed E-state index contributed by atoms with van der Waals surface area (Å²) in [6, 6.07) is 0.913. The van der Waals surface area contributed by atoms with Gasteiger partial charge in [0.25, 0.3) is 0 Å². The van der Waals surface area contributed by atoms with Crippen LogP contribution in [0.3, 0.4) is 0 Å². The number of pyridine rings is 1. The Balaban J connectivity index is 3.04. The summed E-state index contributed by atoms with van der Waals surface area (Å²) >= 11 is 0. The molecular weight excluding hydrogens is 260 g/mol. The zero-order valence-electron chi connectivity index (χ0n) is 12.8. The number of hydrogen-bond acceptors (Lipinski definition) is 3. The van der Waals surface area contributed by atoms with Gasteiger partial charge in [0, 0.05) is 25.7 Å². The molecule has 1 aromatic rings. The average molecular weight is 285 g/mol. The topological polar surface area (TPSA) is 28.2 Å². The van der Waals surface area contributed by atoms with Crippen LogP contribution in [0.1, 0.15) is 40.5 Å². The van der Waals surface area contributed by atoms with Gasteiger partial charge in [-0.1, -0.05) is 26.7 Å². The van der Waals surface area contributed by atoms with Gasteiger partial charge in [-0.05, 0) is 19.8 Å². The molecule has 1 heterocycles. The average Bonchev–Trinajstić information content (AvgIpc) is 2.44. The number of nitrogens with zero attached hydrogens (tertiary/aromatic N) is 2. The van der Waals surface area contributed by atoms with Crippen molar-refractivity contribution < 1.29 is 8.78 Å². The first kappa shape index (κ1) is 16.7. The van der Waals surface area contributed by atoms with Crippen LogP contribution in [0.15, 0.2) is 6.07 Å². The second-order valence-electron chi connectivity index (χ2n) is 4.88. The van der Waals surface area contributed by atoms with E-state index in [9.17, 15) is 8.78 Å². The van der Waals surface area contributed by atoms with Gasteiger partial charge in [-0.3, -0.25) is 0 Å². The maximum Gasteiger partial charge on any atom is 0.168 e. The smallest absolute Gasteiger partial charge is 0.168 e. The molecule has 1 rings (SSSR count). The largest absolute Gasteiger partial charge is 0.368 e. The molecule has 0 aromatic carbocycles. The van der Waals surface area contributed by atoms with Gasteiger partial charge in [0.2, 0.25) is 0 Å². The number of nitrogens with one attached hydrogen (secondary N) is 1. The second-order valence-corrected chi connectivity index (χ2v) is 4.88. The Morgan fingerprint density at radius 2 is 1.80 bits per heavy atom. The highest BCUT2D eigenvalue weighted by molar-refractivity contribution is 5.49. The van der Waals surface area contributed by atoms with Crippen molar-refractivity contribution in [1.29, 1.82) is 0 Å². The summed E-state index contributed by atoms with van der Waals surface area (Å²) in [5.41, 5.74) is 0. The van der Waals surface area contributed by atoms with Crippen molar-refractivity contribution in [2.75, 3.05) is 29.9 Å². The van der Waals surface area contributed by atoms with Crippen LogP contribution in [0.25, 0.3) is 0 Å². The number of aromatic nitrogens is 1. The molecular formula is C15H25F2N3. The molecule has 0 aliphatic rings. The lowest BCUT2D eigenvalue weighted by atomic mass is 10.0. The summed E-state index contributed by atoms with van der Waals surface area (Å²) in [7, 11) is 0.